The molecule has 1 aromatic heterocycles. The lowest BCUT2D eigenvalue weighted by molar-refractivity contribution is -0.111. The summed E-state index contributed by atoms with van der Waals surface area (Å²) in [4.78, 5) is 13.5. The number of aryl methyl sites for hydroxylation is 1. The molecule has 0 saturated carbocycles. The monoisotopic (exact) mass is 352 g/mol. The predicted molar refractivity (Wildman–Crippen MR) is 101 cm³/mol. The van der Waals surface area contributed by atoms with Gasteiger partial charge in [-0.2, -0.15) is 5.26 Å². The zero-order chi connectivity index (χ0) is 17.6. The highest BCUT2D eigenvalue weighted by molar-refractivity contribution is 7.16. The van der Waals surface area contributed by atoms with Gasteiger partial charge in [-0.3, -0.25) is 4.79 Å². The van der Waals surface area contributed by atoms with Gasteiger partial charge in [0.15, 0.2) is 0 Å². The highest BCUT2D eigenvalue weighted by Crippen LogP contribution is 2.36. The Morgan fingerprint density at radius 3 is 2.72 bits per heavy atom. The van der Waals surface area contributed by atoms with Crippen LogP contribution in [0.25, 0.3) is 6.08 Å². The number of benzene rings is 1. The van der Waals surface area contributed by atoms with Crippen molar-refractivity contribution in [3.05, 3.63) is 51.9 Å². The maximum atomic E-state index is 12.2. The van der Waals surface area contributed by atoms with Crippen LogP contribution in [0.4, 0.5) is 5.00 Å². The second-order valence-electron chi connectivity index (χ2n) is 5.98. The number of hydrogen-bond donors (Lipinski definition) is 1. The van der Waals surface area contributed by atoms with Crippen molar-refractivity contribution in [1.29, 1.82) is 5.26 Å². The van der Waals surface area contributed by atoms with Crippen LogP contribution in [-0.4, -0.2) is 13.0 Å². The molecule has 1 N–H and O–H groups in total. The topological polar surface area (TPSA) is 62.1 Å². The van der Waals surface area contributed by atoms with Crippen LogP contribution < -0.4 is 10.1 Å². The molecule has 1 aromatic carbocycles. The van der Waals surface area contributed by atoms with E-state index in [2.05, 4.69) is 11.4 Å². The zero-order valence-corrected chi connectivity index (χ0v) is 15.0. The SMILES string of the molecule is COc1ccc(/C=C/C(=O)Nc2sc3c(c2C#N)CCCCC3)cc1. The molecule has 0 fully saturated rings. The summed E-state index contributed by atoms with van der Waals surface area (Å²) < 4.78 is 5.12. The van der Waals surface area contributed by atoms with Gasteiger partial charge in [0.1, 0.15) is 16.8 Å². The van der Waals surface area contributed by atoms with E-state index in [0.29, 0.717) is 10.6 Å². The molecule has 0 unspecified atom stereocenters. The number of ether oxygens (including phenoxy) is 1. The number of thiophene rings is 1. The molecule has 0 radical (unpaired) electrons. The molecule has 0 bridgehead atoms. The molecule has 4 nitrogen and oxygen atoms in total. The Balaban J connectivity index is 1.72. The van der Waals surface area contributed by atoms with Crippen molar-refractivity contribution in [1.82, 2.24) is 0 Å². The van der Waals surface area contributed by atoms with Crippen molar-refractivity contribution in [2.24, 2.45) is 0 Å². The van der Waals surface area contributed by atoms with Crippen LogP contribution in [0.1, 0.15) is 40.8 Å². The van der Waals surface area contributed by atoms with Crippen molar-refractivity contribution in [3.8, 4) is 11.8 Å². The van der Waals surface area contributed by atoms with Crippen LogP contribution in [-0.2, 0) is 17.6 Å². The molecule has 1 heterocycles. The van der Waals surface area contributed by atoms with Crippen molar-refractivity contribution in [2.75, 3.05) is 12.4 Å². The maximum Gasteiger partial charge on any atom is 0.249 e. The second-order valence-corrected chi connectivity index (χ2v) is 7.08. The predicted octanol–water partition coefficient (Wildman–Crippen LogP) is 4.55. The third-order valence-electron chi connectivity index (χ3n) is 4.31. The van der Waals surface area contributed by atoms with E-state index in [9.17, 15) is 10.1 Å². The van der Waals surface area contributed by atoms with Gasteiger partial charge >= 0.3 is 0 Å². The first-order valence-electron chi connectivity index (χ1n) is 8.39. The summed E-state index contributed by atoms with van der Waals surface area (Å²) in [5.41, 5.74) is 2.70. The summed E-state index contributed by atoms with van der Waals surface area (Å²) in [7, 11) is 1.62. The van der Waals surface area contributed by atoms with E-state index < -0.39 is 0 Å². The number of hydrogen-bond acceptors (Lipinski definition) is 4. The number of anilines is 1. The molecule has 0 spiro atoms. The highest BCUT2D eigenvalue weighted by Gasteiger charge is 2.20. The van der Waals surface area contributed by atoms with Gasteiger partial charge in [-0.15, -0.1) is 11.3 Å². The van der Waals surface area contributed by atoms with Gasteiger partial charge in [-0.25, -0.2) is 0 Å². The van der Waals surface area contributed by atoms with E-state index in [1.54, 1.807) is 24.5 Å². The van der Waals surface area contributed by atoms with Crippen molar-refractivity contribution >= 4 is 28.3 Å². The third kappa shape index (κ3) is 4.09. The van der Waals surface area contributed by atoms with Crippen LogP contribution in [0.5, 0.6) is 5.75 Å². The van der Waals surface area contributed by atoms with E-state index in [-0.39, 0.29) is 5.91 Å². The fraction of sp³-hybridized carbons (Fsp3) is 0.300. The Bertz CT molecular complexity index is 829. The first-order valence-corrected chi connectivity index (χ1v) is 9.20. The second kappa shape index (κ2) is 8.00. The third-order valence-corrected chi connectivity index (χ3v) is 5.52. The summed E-state index contributed by atoms with van der Waals surface area (Å²) >= 11 is 1.55. The van der Waals surface area contributed by atoms with Crippen LogP contribution in [0.15, 0.2) is 30.3 Å². The molecule has 5 heteroatoms. The molecule has 2 aromatic rings. The molecule has 1 aliphatic rings. The lowest BCUT2D eigenvalue weighted by Crippen LogP contribution is -2.07. The molecule has 25 heavy (non-hydrogen) atoms. The number of nitriles is 1. The van der Waals surface area contributed by atoms with Crippen molar-refractivity contribution in [2.45, 2.75) is 32.1 Å². The molecule has 3 rings (SSSR count). The van der Waals surface area contributed by atoms with Gasteiger partial charge in [0.2, 0.25) is 5.91 Å². The van der Waals surface area contributed by atoms with E-state index in [1.165, 1.54) is 17.4 Å². The van der Waals surface area contributed by atoms with Gasteiger partial charge < -0.3 is 10.1 Å². The molecule has 1 amide bonds. The number of nitrogens with zero attached hydrogens (tertiary/aromatic N) is 1. The average Bonchev–Trinajstić information content (AvgIpc) is 2.79. The Morgan fingerprint density at radius 2 is 2.00 bits per heavy atom. The maximum absolute atomic E-state index is 12.2. The van der Waals surface area contributed by atoms with E-state index in [1.807, 2.05) is 24.3 Å². The van der Waals surface area contributed by atoms with Crippen LogP contribution in [0.2, 0.25) is 0 Å². The summed E-state index contributed by atoms with van der Waals surface area (Å²) in [6.07, 6.45) is 8.66. The van der Waals surface area contributed by atoms with Gasteiger partial charge in [0, 0.05) is 11.0 Å². The zero-order valence-electron chi connectivity index (χ0n) is 14.2. The largest absolute Gasteiger partial charge is 0.497 e. The molecule has 0 atom stereocenters. The van der Waals surface area contributed by atoms with Crippen LogP contribution in [0.3, 0.4) is 0 Å². The number of methoxy groups -OCH3 is 1. The Labute approximate surface area is 151 Å². The number of nitrogens with one attached hydrogen (secondary N) is 1. The van der Waals surface area contributed by atoms with E-state index in [4.69, 9.17) is 4.74 Å². The Hall–Kier alpha value is -2.58. The lowest BCUT2D eigenvalue weighted by Gasteiger charge is -2.01. The van der Waals surface area contributed by atoms with Gasteiger partial charge in [0.05, 0.1) is 12.7 Å². The minimum absolute atomic E-state index is 0.219. The number of carbonyl (C=O) groups is 1. The molecule has 1 aliphatic carbocycles. The first-order chi connectivity index (χ1) is 12.2. The lowest BCUT2D eigenvalue weighted by atomic mass is 10.1. The number of fused-ring (bicyclic) bond motifs is 1. The molecule has 0 aliphatic heterocycles. The summed E-state index contributed by atoms with van der Waals surface area (Å²) in [6.45, 7) is 0. The van der Waals surface area contributed by atoms with E-state index >= 15 is 0 Å². The normalized spacial score (nSPS) is 13.8. The average molecular weight is 352 g/mol. The standard InChI is InChI=1S/C20H20N2O2S/c1-24-15-10-7-14(8-11-15)9-12-19(23)22-20-17(13-21)16-5-3-2-4-6-18(16)25-20/h7-12H,2-6H2,1H3,(H,22,23)/b12-9+. The Kier molecular flexibility index (Phi) is 5.52. The number of rotatable bonds is 4. The van der Waals surface area contributed by atoms with Gasteiger partial charge in [-0.05, 0) is 55.0 Å². The molecular formula is C20H20N2O2S. The van der Waals surface area contributed by atoms with E-state index in [0.717, 1.165) is 42.6 Å². The number of amides is 1. The molecule has 128 valence electrons. The van der Waals surface area contributed by atoms with Crippen molar-refractivity contribution in [3.63, 3.8) is 0 Å². The molecule has 0 saturated heterocycles. The Morgan fingerprint density at radius 1 is 1.24 bits per heavy atom. The summed E-state index contributed by atoms with van der Waals surface area (Å²) in [5.74, 6) is 0.559. The van der Waals surface area contributed by atoms with Gasteiger partial charge in [-0.1, -0.05) is 18.6 Å². The molecular weight excluding hydrogens is 332 g/mol. The highest BCUT2D eigenvalue weighted by atomic mass is 32.1. The minimum Gasteiger partial charge on any atom is -0.497 e. The summed E-state index contributed by atoms with van der Waals surface area (Å²) in [6, 6.07) is 9.75. The summed E-state index contributed by atoms with van der Waals surface area (Å²) in [5, 5.41) is 13.1. The fourth-order valence-corrected chi connectivity index (χ4v) is 4.23. The minimum atomic E-state index is -0.219. The smallest absolute Gasteiger partial charge is 0.249 e. The van der Waals surface area contributed by atoms with Crippen LogP contribution in [0, 0.1) is 11.3 Å². The van der Waals surface area contributed by atoms with Crippen molar-refractivity contribution < 1.29 is 9.53 Å². The first kappa shape index (κ1) is 17.2. The number of carbonyl (C=O) groups excluding carboxylic acids is 1. The van der Waals surface area contributed by atoms with Crippen LogP contribution >= 0.6 is 11.3 Å². The quantitative estimate of drug-likeness (QED) is 0.648. The van der Waals surface area contributed by atoms with Gasteiger partial charge in [0.25, 0.3) is 0 Å². The fourth-order valence-electron chi connectivity index (χ4n) is 2.99.